The number of carbonyl (C=O) groups excluding carboxylic acids is 4. The van der Waals surface area contributed by atoms with Crippen molar-refractivity contribution in [1.82, 2.24) is 30.8 Å². The fourth-order valence-electron chi connectivity index (χ4n) is 8.22. The first kappa shape index (κ1) is 68.9. The van der Waals surface area contributed by atoms with Gasteiger partial charge in [-0.15, -0.1) is 0 Å². The number of unbranched alkanes of at least 4 members (excludes halogenated alkanes) is 3. The maximum absolute atomic E-state index is 15.1. The number of methoxy groups -OCH3 is 1. The molecule has 4 bridgehead atoms. The Morgan fingerprint density at radius 3 is 2.00 bits per heavy atom. The van der Waals surface area contributed by atoms with Gasteiger partial charge < -0.3 is 68.1 Å². The van der Waals surface area contributed by atoms with Crippen LogP contribution < -0.4 is 30.7 Å². The lowest BCUT2D eigenvalue weighted by atomic mass is 10.0. The van der Waals surface area contributed by atoms with E-state index in [1.807, 2.05) is 0 Å². The molecule has 24 nitrogen and oxygen atoms in total. The van der Waals surface area contributed by atoms with Gasteiger partial charge in [-0.25, -0.2) is 22.2 Å². The van der Waals surface area contributed by atoms with E-state index in [1.165, 1.54) is 53.5 Å². The predicted octanol–water partition coefficient (Wildman–Crippen LogP) is 4.21. The third kappa shape index (κ3) is 29.3. The summed E-state index contributed by atoms with van der Waals surface area (Å²) in [6, 6.07) is 7.86. The first-order valence-corrected chi connectivity index (χ1v) is 30.3. The number of amides is 4. The SMILES string of the molecule is COCCOCCOCCOCCOCCOCCOCCOCCNCOC[C@H](CCCCNC(=O)CCS(=O)(=O)Cc1cc2nc(c1)OCCCOc1cc(F)ccc1-c1cc(ncc1F)N2)NC(=O)CCCCCN1C(=O)C=CC1=O. The normalized spacial score (nSPS) is 13.7. The van der Waals surface area contributed by atoms with Gasteiger partial charge in [0.05, 0.1) is 149 Å². The smallest absolute Gasteiger partial charge is 0.253 e. The first-order valence-electron chi connectivity index (χ1n) is 28.5. The van der Waals surface area contributed by atoms with E-state index in [2.05, 4.69) is 31.2 Å². The number of nitrogens with one attached hydrogen (secondary N) is 4. The number of anilines is 2. The molecule has 468 valence electrons. The Kier molecular flexibility index (Phi) is 33.8. The van der Waals surface area contributed by atoms with Crippen LogP contribution in [0.1, 0.15) is 63.4 Å². The summed E-state index contributed by atoms with van der Waals surface area (Å²) in [5.74, 6) is -2.71. The minimum Gasteiger partial charge on any atom is -0.493 e. The summed E-state index contributed by atoms with van der Waals surface area (Å²) in [5, 5.41) is 12.0. The van der Waals surface area contributed by atoms with Gasteiger partial charge in [0.15, 0.2) is 9.84 Å². The first-order chi connectivity index (χ1) is 40.9. The van der Waals surface area contributed by atoms with Gasteiger partial charge in [-0.3, -0.25) is 29.4 Å². The van der Waals surface area contributed by atoms with Crippen LogP contribution in [0.2, 0.25) is 0 Å². The molecule has 84 heavy (non-hydrogen) atoms. The molecule has 5 rings (SSSR count). The molecule has 0 unspecified atom stereocenters. The van der Waals surface area contributed by atoms with Crippen LogP contribution in [0.5, 0.6) is 11.6 Å². The summed E-state index contributed by atoms with van der Waals surface area (Å²) >= 11 is 0. The second-order valence-electron chi connectivity index (χ2n) is 19.3. The maximum Gasteiger partial charge on any atom is 0.253 e. The van der Waals surface area contributed by atoms with E-state index in [1.54, 1.807) is 7.11 Å². The molecule has 2 aliphatic rings. The number of rotatable bonds is 45. The summed E-state index contributed by atoms with van der Waals surface area (Å²) in [5.41, 5.74) is 0.750. The Bertz CT molecular complexity index is 2550. The number of nitrogens with zero attached hydrogens (tertiary/aromatic N) is 3. The molecule has 4 amide bonds. The molecule has 0 saturated carbocycles. The number of fused-ring (bicyclic) bond motifs is 6. The zero-order chi connectivity index (χ0) is 59.9. The van der Waals surface area contributed by atoms with Crippen LogP contribution in [0.4, 0.5) is 20.4 Å². The topological polar surface area (TPSA) is 281 Å². The van der Waals surface area contributed by atoms with E-state index in [-0.39, 0.29) is 98.5 Å². The maximum atomic E-state index is 15.1. The molecule has 27 heteroatoms. The van der Waals surface area contributed by atoms with Gasteiger partial charge in [0, 0.05) is 81.4 Å². The van der Waals surface area contributed by atoms with Crippen molar-refractivity contribution in [3.05, 3.63) is 71.9 Å². The number of carbonyl (C=O) groups is 4. The quantitative estimate of drug-likeness (QED) is 0.0350. The number of imide groups is 1. The standard InChI is InChI=1S/C57H83F2N7O17S/c1-73-21-22-75-25-26-77-29-30-79-33-34-80-32-31-78-28-27-76-24-23-74-20-16-60-43-81-41-46(63-54(68)9-3-2-6-17-66-56(69)12-13-57(66)70)8-4-5-15-61-53(67)14-35-84(71,72)42-44-36-52-64-51-39-48(49(59)40-62-51)47-11-10-45(58)38-50(47)82-18-7-19-83-55(37-44)65-52/h10-13,36-40,46,60H,2-9,14-35,41-43H2,1H3,(H,61,67)(H,63,68)(H,62,64,65)/t46-/m0/s1. The van der Waals surface area contributed by atoms with Crippen LogP contribution in [-0.2, 0) is 77.4 Å². The number of hydrogen-bond acceptors (Lipinski definition) is 21. The molecule has 2 aromatic heterocycles. The molecule has 3 aromatic rings. The molecule has 2 aliphatic heterocycles. The zero-order valence-corrected chi connectivity index (χ0v) is 48.9. The molecule has 1 atom stereocenters. The van der Waals surface area contributed by atoms with Crippen molar-refractivity contribution in [1.29, 1.82) is 0 Å². The number of halogens is 2. The van der Waals surface area contributed by atoms with Crippen molar-refractivity contribution in [3.63, 3.8) is 0 Å². The van der Waals surface area contributed by atoms with E-state index in [0.717, 1.165) is 6.20 Å². The Morgan fingerprint density at radius 2 is 1.33 bits per heavy atom. The highest BCUT2D eigenvalue weighted by Crippen LogP contribution is 2.35. The fraction of sp³-hybridized carbons (Fsp3) is 0.614. The van der Waals surface area contributed by atoms with Gasteiger partial charge >= 0.3 is 0 Å². The third-order valence-corrected chi connectivity index (χ3v) is 14.1. The average Bonchev–Trinajstić information content (AvgIpc) is 3.51. The highest BCUT2D eigenvalue weighted by Gasteiger charge is 2.23. The van der Waals surface area contributed by atoms with Crippen LogP contribution in [0.3, 0.4) is 0 Å². The Balaban J connectivity index is 0.939. The van der Waals surface area contributed by atoms with Gasteiger partial charge in [0.2, 0.25) is 17.7 Å². The van der Waals surface area contributed by atoms with E-state index >= 15 is 4.39 Å². The molecular weight excluding hydrogens is 1120 g/mol. The van der Waals surface area contributed by atoms with Crippen molar-refractivity contribution < 1.29 is 88.5 Å². The van der Waals surface area contributed by atoms with E-state index < -0.39 is 38.9 Å². The minimum atomic E-state index is -3.82. The van der Waals surface area contributed by atoms with Crippen molar-refractivity contribution in [2.75, 3.05) is 163 Å². The molecular formula is C57H83F2N7O17S. The number of benzene rings is 1. The second kappa shape index (κ2) is 41.2. The van der Waals surface area contributed by atoms with E-state index in [0.29, 0.717) is 168 Å². The summed E-state index contributed by atoms with van der Waals surface area (Å²) in [6.07, 6.45) is 7.31. The van der Waals surface area contributed by atoms with Gasteiger partial charge in [-0.1, -0.05) is 6.42 Å². The van der Waals surface area contributed by atoms with Crippen LogP contribution in [-0.4, -0.2) is 211 Å². The number of aromatic nitrogens is 2. The number of hydrogen-bond donors (Lipinski definition) is 4. The Labute approximate surface area is 490 Å². The molecule has 0 radical (unpaired) electrons. The molecule has 0 spiro atoms. The molecule has 4 N–H and O–H groups in total. The van der Waals surface area contributed by atoms with Crippen LogP contribution in [0.25, 0.3) is 11.1 Å². The summed E-state index contributed by atoms with van der Waals surface area (Å²) in [7, 11) is -2.19. The highest BCUT2D eigenvalue weighted by molar-refractivity contribution is 7.90. The lowest BCUT2D eigenvalue weighted by Crippen LogP contribution is -2.39. The van der Waals surface area contributed by atoms with Crippen molar-refractivity contribution in [3.8, 4) is 22.8 Å². The molecule has 4 heterocycles. The molecule has 0 saturated heterocycles. The van der Waals surface area contributed by atoms with Gasteiger partial charge in [-0.05, 0) is 61.9 Å². The monoisotopic (exact) mass is 1210 g/mol. The summed E-state index contributed by atoms with van der Waals surface area (Å²) in [4.78, 5) is 59.3. The van der Waals surface area contributed by atoms with Crippen molar-refractivity contribution in [2.45, 2.75) is 69.6 Å². The molecule has 1 aromatic carbocycles. The van der Waals surface area contributed by atoms with Gasteiger partial charge in [0.25, 0.3) is 11.8 Å². The van der Waals surface area contributed by atoms with Gasteiger partial charge in [-0.2, -0.15) is 4.98 Å². The number of pyridine rings is 2. The number of sulfone groups is 1. The number of ether oxygens (including phenoxy) is 11. The summed E-state index contributed by atoms with van der Waals surface area (Å²) in [6.45, 7) is 8.80. The summed E-state index contributed by atoms with van der Waals surface area (Å²) < 4.78 is 117. The minimum absolute atomic E-state index is 0.104. The largest absolute Gasteiger partial charge is 0.493 e. The third-order valence-electron chi connectivity index (χ3n) is 12.5. The lowest BCUT2D eigenvalue weighted by Gasteiger charge is -2.19. The fourth-order valence-corrected chi connectivity index (χ4v) is 9.54. The Hall–Kier alpha value is -5.85. The van der Waals surface area contributed by atoms with E-state index in [4.69, 9.17) is 52.1 Å². The Morgan fingerprint density at radius 1 is 0.690 bits per heavy atom. The van der Waals surface area contributed by atoms with Crippen LogP contribution >= 0.6 is 0 Å². The van der Waals surface area contributed by atoms with Crippen molar-refractivity contribution >= 4 is 45.1 Å². The highest BCUT2D eigenvalue weighted by atomic mass is 32.2. The lowest BCUT2D eigenvalue weighted by molar-refractivity contribution is -0.137. The average molecular weight is 1210 g/mol. The zero-order valence-electron chi connectivity index (χ0n) is 48.1. The van der Waals surface area contributed by atoms with Crippen LogP contribution in [0.15, 0.2) is 54.7 Å². The molecule has 0 aliphatic carbocycles. The second-order valence-corrected chi connectivity index (χ2v) is 21.5. The molecule has 0 fully saturated rings. The predicted molar refractivity (Wildman–Crippen MR) is 304 cm³/mol. The van der Waals surface area contributed by atoms with E-state index in [9.17, 15) is 32.0 Å². The van der Waals surface area contributed by atoms with Gasteiger partial charge in [0.1, 0.15) is 29.0 Å². The van der Waals surface area contributed by atoms with Crippen molar-refractivity contribution in [2.24, 2.45) is 0 Å². The van der Waals surface area contributed by atoms with Crippen LogP contribution in [0, 0.1) is 11.6 Å².